The highest BCUT2D eigenvalue weighted by atomic mass is 79.9. The molecule has 0 fully saturated rings. The lowest BCUT2D eigenvalue weighted by atomic mass is 10.0. The monoisotopic (exact) mass is 442 g/mol. The van der Waals surface area contributed by atoms with Gasteiger partial charge < -0.3 is 4.74 Å². The van der Waals surface area contributed by atoms with E-state index in [1.54, 1.807) is 12.1 Å². The number of hydrogen-bond acceptors (Lipinski definition) is 1. The fourth-order valence-corrected chi connectivity index (χ4v) is 3.58. The van der Waals surface area contributed by atoms with Crippen LogP contribution in [-0.4, -0.2) is 7.11 Å². The normalized spacial score (nSPS) is 12.3. The minimum absolute atomic E-state index is 0.0543. The number of alkyl halides is 1. The van der Waals surface area contributed by atoms with E-state index in [9.17, 15) is 13.2 Å². The Hall–Kier alpha value is -0.720. The third-order valence-electron chi connectivity index (χ3n) is 2.85. The molecule has 2 aromatic rings. The van der Waals surface area contributed by atoms with E-state index in [1.165, 1.54) is 13.2 Å². The van der Waals surface area contributed by atoms with Crippen molar-refractivity contribution in [2.24, 2.45) is 0 Å². The predicted octanol–water partition coefficient (Wildman–Crippen LogP) is 6.01. The number of rotatable bonds is 3. The molecule has 0 saturated carbocycles. The van der Waals surface area contributed by atoms with Gasteiger partial charge in [-0.1, -0.05) is 33.6 Å². The summed E-state index contributed by atoms with van der Waals surface area (Å²) in [5.74, 6) is -3.59. The van der Waals surface area contributed by atoms with Crippen molar-refractivity contribution >= 4 is 43.5 Å². The highest BCUT2D eigenvalue weighted by Crippen LogP contribution is 2.43. The van der Waals surface area contributed by atoms with Gasteiger partial charge in [0.2, 0.25) is 0 Å². The lowest BCUT2D eigenvalue weighted by Crippen LogP contribution is -2.03. The zero-order valence-corrected chi connectivity index (χ0v) is 14.5. The van der Waals surface area contributed by atoms with Crippen LogP contribution in [0, 0.1) is 17.5 Å². The van der Waals surface area contributed by atoms with E-state index in [0.29, 0.717) is 20.8 Å². The quantitative estimate of drug-likeness (QED) is 0.416. The van der Waals surface area contributed by atoms with Crippen LogP contribution in [0.15, 0.2) is 28.7 Å². The first-order valence-corrected chi connectivity index (χ1v) is 7.75. The van der Waals surface area contributed by atoms with Gasteiger partial charge in [0.25, 0.3) is 0 Å². The Morgan fingerprint density at radius 2 is 1.76 bits per heavy atom. The molecule has 21 heavy (non-hydrogen) atoms. The molecule has 2 aromatic carbocycles. The summed E-state index contributed by atoms with van der Waals surface area (Å²) in [6.45, 7) is 0. The summed E-state index contributed by atoms with van der Waals surface area (Å²) in [4.78, 5) is -0.752. The van der Waals surface area contributed by atoms with Gasteiger partial charge in [-0.2, -0.15) is 0 Å². The van der Waals surface area contributed by atoms with Gasteiger partial charge in [-0.25, -0.2) is 13.2 Å². The zero-order chi connectivity index (χ0) is 15.7. The fraction of sp³-hybridized carbons (Fsp3) is 0.143. The molecule has 2 rings (SSSR count). The Kier molecular flexibility index (Phi) is 5.22. The first-order chi connectivity index (χ1) is 9.86. The summed E-state index contributed by atoms with van der Waals surface area (Å²) in [6, 6.07) is 5.21. The van der Waals surface area contributed by atoms with Gasteiger partial charge in [0.15, 0.2) is 17.5 Å². The fourth-order valence-electron chi connectivity index (χ4n) is 1.89. The first kappa shape index (κ1) is 16.6. The summed E-state index contributed by atoms with van der Waals surface area (Å²) in [5, 5.41) is 0.394. The number of halogens is 6. The van der Waals surface area contributed by atoms with Crippen molar-refractivity contribution in [3.8, 4) is 5.75 Å². The zero-order valence-electron chi connectivity index (χ0n) is 10.6. The van der Waals surface area contributed by atoms with Gasteiger partial charge in [0.05, 0.1) is 16.4 Å². The van der Waals surface area contributed by atoms with E-state index in [2.05, 4.69) is 31.9 Å². The molecule has 1 atom stereocenters. The third kappa shape index (κ3) is 3.22. The van der Waals surface area contributed by atoms with Crippen LogP contribution in [0.4, 0.5) is 13.2 Å². The van der Waals surface area contributed by atoms with Gasteiger partial charge in [-0.05, 0) is 34.1 Å². The number of benzene rings is 2. The lowest BCUT2D eigenvalue weighted by molar-refractivity contribution is 0.407. The van der Waals surface area contributed by atoms with Crippen LogP contribution in [0.5, 0.6) is 5.75 Å². The second kappa shape index (κ2) is 6.58. The van der Waals surface area contributed by atoms with Crippen LogP contribution in [0.3, 0.4) is 0 Å². The summed E-state index contributed by atoms with van der Waals surface area (Å²) in [6.07, 6.45) is 0. The molecule has 0 aliphatic heterocycles. The van der Waals surface area contributed by atoms with E-state index in [0.717, 1.165) is 6.07 Å². The minimum atomic E-state index is -1.52. The maximum atomic E-state index is 13.9. The molecule has 0 amide bonds. The molecule has 0 aliphatic carbocycles. The summed E-state index contributed by atoms with van der Waals surface area (Å²) >= 11 is 12.5. The van der Waals surface area contributed by atoms with Crippen LogP contribution < -0.4 is 4.74 Å². The van der Waals surface area contributed by atoms with Crippen molar-refractivity contribution in [1.82, 2.24) is 0 Å². The molecule has 0 spiro atoms. The first-order valence-electron chi connectivity index (χ1n) is 5.67. The lowest BCUT2D eigenvalue weighted by Gasteiger charge is -2.17. The highest BCUT2D eigenvalue weighted by molar-refractivity contribution is 9.10. The molecular weight excluding hydrogens is 436 g/mol. The summed E-state index contributed by atoms with van der Waals surface area (Å²) < 4.78 is 46.1. The number of hydrogen-bond donors (Lipinski definition) is 0. The average Bonchev–Trinajstić information content (AvgIpc) is 2.43. The van der Waals surface area contributed by atoms with Gasteiger partial charge >= 0.3 is 0 Å². The Morgan fingerprint density at radius 1 is 1.10 bits per heavy atom. The van der Waals surface area contributed by atoms with Crippen molar-refractivity contribution in [2.45, 2.75) is 4.83 Å². The standard InChI is InChI=1S/C14H8Br2ClF3O/c1-21-14-8(4-6(17)5-9(14)15)11(16)7-2-3-10(18)13(20)12(7)19/h2-5,11H,1H3. The van der Waals surface area contributed by atoms with Crippen molar-refractivity contribution in [1.29, 1.82) is 0 Å². The van der Waals surface area contributed by atoms with Crippen LogP contribution in [0.1, 0.15) is 16.0 Å². The predicted molar refractivity (Wildman–Crippen MR) is 82.8 cm³/mol. The van der Waals surface area contributed by atoms with Crippen molar-refractivity contribution < 1.29 is 17.9 Å². The molecule has 0 heterocycles. The van der Waals surface area contributed by atoms with Crippen molar-refractivity contribution in [2.75, 3.05) is 7.11 Å². The second-order valence-corrected chi connectivity index (χ2v) is 6.34. The smallest absolute Gasteiger partial charge is 0.194 e. The van der Waals surface area contributed by atoms with Crippen LogP contribution in [0.2, 0.25) is 5.02 Å². The van der Waals surface area contributed by atoms with Gasteiger partial charge in [-0.3, -0.25) is 0 Å². The van der Waals surface area contributed by atoms with E-state index in [1.807, 2.05) is 0 Å². The number of ether oxygens (including phenoxy) is 1. The number of methoxy groups -OCH3 is 1. The van der Waals surface area contributed by atoms with Crippen LogP contribution in [-0.2, 0) is 0 Å². The average molecular weight is 444 g/mol. The summed E-state index contributed by atoms with van der Waals surface area (Å²) in [5.41, 5.74) is 0.433. The molecule has 112 valence electrons. The molecule has 0 saturated heterocycles. The molecule has 1 nitrogen and oxygen atoms in total. The Morgan fingerprint density at radius 3 is 2.38 bits per heavy atom. The van der Waals surface area contributed by atoms with Gasteiger partial charge in [-0.15, -0.1) is 0 Å². The van der Waals surface area contributed by atoms with E-state index in [4.69, 9.17) is 16.3 Å². The Labute approximate surface area is 141 Å². The van der Waals surface area contributed by atoms with Gasteiger partial charge in [0.1, 0.15) is 5.75 Å². The largest absolute Gasteiger partial charge is 0.495 e. The van der Waals surface area contributed by atoms with E-state index >= 15 is 0 Å². The van der Waals surface area contributed by atoms with Crippen LogP contribution >= 0.6 is 43.5 Å². The van der Waals surface area contributed by atoms with Crippen molar-refractivity contribution in [3.63, 3.8) is 0 Å². The molecule has 0 aliphatic rings. The van der Waals surface area contributed by atoms with Crippen molar-refractivity contribution in [3.05, 3.63) is 62.3 Å². The van der Waals surface area contributed by atoms with Crippen LogP contribution in [0.25, 0.3) is 0 Å². The third-order valence-corrected chi connectivity index (χ3v) is 4.65. The minimum Gasteiger partial charge on any atom is -0.495 e. The molecule has 0 aromatic heterocycles. The molecule has 0 radical (unpaired) electrons. The highest BCUT2D eigenvalue weighted by Gasteiger charge is 2.24. The molecule has 7 heteroatoms. The SMILES string of the molecule is COc1c(Br)cc(Cl)cc1C(Br)c1ccc(F)c(F)c1F. The molecular formula is C14H8Br2ClF3O. The molecule has 1 unspecified atom stereocenters. The second-order valence-electron chi connectivity index (χ2n) is 4.14. The molecule has 0 bridgehead atoms. The van der Waals surface area contributed by atoms with Gasteiger partial charge in [0, 0.05) is 16.1 Å². The maximum Gasteiger partial charge on any atom is 0.194 e. The Bertz CT molecular complexity index is 694. The topological polar surface area (TPSA) is 9.23 Å². The Balaban J connectivity index is 2.60. The maximum absolute atomic E-state index is 13.9. The summed E-state index contributed by atoms with van der Waals surface area (Å²) in [7, 11) is 1.44. The van der Waals surface area contributed by atoms with E-state index < -0.39 is 22.3 Å². The molecule has 0 N–H and O–H groups in total. The van der Waals surface area contributed by atoms with E-state index in [-0.39, 0.29) is 5.56 Å².